The molecule has 0 radical (unpaired) electrons. The Balaban J connectivity index is 1.86. The second-order valence-electron chi connectivity index (χ2n) is 4.75. The van der Waals surface area contributed by atoms with Crippen molar-refractivity contribution in [1.29, 1.82) is 0 Å². The van der Waals surface area contributed by atoms with Crippen LogP contribution in [0.5, 0.6) is 0 Å². The van der Waals surface area contributed by atoms with Crippen molar-refractivity contribution in [3.8, 4) is 0 Å². The molecule has 0 amide bonds. The Morgan fingerprint density at radius 3 is 3.06 bits per heavy atom. The molecule has 1 fully saturated rings. The van der Waals surface area contributed by atoms with Crippen LogP contribution in [0.2, 0.25) is 0 Å². The predicted octanol–water partition coefficient (Wildman–Crippen LogP) is 1.51. The molecule has 1 aliphatic carbocycles. The molecule has 6 heteroatoms. The molecular formula is C11H16N6. The molecule has 2 aromatic rings. The lowest BCUT2D eigenvalue weighted by atomic mass is 9.86. The van der Waals surface area contributed by atoms with Crippen LogP contribution in [0.3, 0.4) is 0 Å². The van der Waals surface area contributed by atoms with Crippen LogP contribution < -0.4 is 5.32 Å². The average Bonchev–Trinajstić information content (AvgIpc) is 2.81. The second-order valence-corrected chi connectivity index (χ2v) is 4.75. The lowest BCUT2D eigenvalue weighted by Gasteiger charge is -2.30. The summed E-state index contributed by atoms with van der Waals surface area (Å²) in [6.07, 6.45) is 8.57. The monoisotopic (exact) mass is 232 g/mol. The number of rotatable bonds is 2. The first-order chi connectivity index (χ1) is 8.34. The molecular weight excluding hydrogens is 216 g/mol. The summed E-state index contributed by atoms with van der Waals surface area (Å²) < 4.78 is 1.70. The van der Waals surface area contributed by atoms with Crippen molar-refractivity contribution >= 4 is 11.5 Å². The molecule has 0 aliphatic heterocycles. The van der Waals surface area contributed by atoms with Gasteiger partial charge in [-0.3, -0.25) is 4.98 Å². The van der Waals surface area contributed by atoms with Crippen LogP contribution in [0.4, 0.5) is 5.82 Å². The van der Waals surface area contributed by atoms with E-state index in [2.05, 4.69) is 32.7 Å². The van der Waals surface area contributed by atoms with Gasteiger partial charge in [-0.25, -0.2) is 0 Å². The molecule has 2 aromatic heterocycles. The van der Waals surface area contributed by atoms with E-state index in [0.29, 0.717) is 17.6 Å². The van der Waals surface area contributed by atoms with Gasteiger partial charge in [0.15, 0.2) is 11.5 Å². The smallest absolute Gasteiger partial charge is 0.199 e. The number of nitrogens with one attached hydrogen (secondary N) is 1. The first-order valence-electron chi connectivity index (χ1n) is 6.13. The van der Waals surface area contributed by atoms with E-state index in [1.807, 2.05) is 0 Å². The summed E-state index contributed by atoms with van der Waals surface area (Å²) >= 11 is 0. The molecule has 0 saturated heterocycles. The highest BCUT2D eigenvalue weighted by atomic mass is 15.5. The van der Waals surface area contributed by atoms with E-state index in [1.54, 1.807) is 16.9 Å². The van der Waals surface area contributed by atoms with Gasteiger partial charge in [0, 0.05) is 6.04 Å². The number of anilines is 1. The van der Waals surface area contributed by atoms with Crippen molar-refractivity contribution in [3.05, 3.63) is 12.4 Å². The zero-order valence-electron chi connectivity index (χ0n) is 9.87. The number of aromatic nitrogens is 5. The summed E-state index contributed by atoms with van der Waals surface area (Å²) in [5.41, 5.74) is 0.679. The summed E-state index contributed by atoms with van der Waals surface area (Å²) in [7, 11) is 0. The SMILES string of the molecule is CC1CCCCC1Nc1cncc2nnnn12. The van der Waals surface area contributed by atoms with E-state index in [4.69, 9.17) is 0 Å². The van der Waals surface area contributed by atoms with E-state index >= 15 is 0 Å². The van der Waals surface area contributed by atoms with Crippen molar-refractivity contribution in [2.75, 3.05) is 5.32 Å². The van der Waals surface area contributed by atoms with Crippen molar-refractivity contribution < 1.29 is 0 Å². The van der Waals surface area contributed by atoms with E-state index in [-0.39, 0.29) is 0 Å². The van der Waals surface area contributed by atoms with Crippen LogP contribution in [0.25, 0.3) is 5.65 Å². The fourth-order valence-corrected chi connectivity index (χ4v) is 2.49. The molecule has 1 saturated carbocycles. The second kappa shape index (κ2) is 4.27. The molecule has 6 nitrogen and oxygen atoms in total. The molecule has 1 aliphatic rings. The minimum atomic E-state index is 0.500. The Morgan fingerprint density at radius 1 is 1.29 bits per heavy atom. The topological polar surface area (TPSA) is 68.0 Å². The number of tetrazole rings is 1. The maximum atomic E-state index is 4.15. The maximum Gasteiger partial charge on any atom is 0.199 e. The van der Waals surface area contributed by atoms with Gasteiger partial charge in [-0.05, 0) is 29.2 Å². The third-order valence-electron chi connectivity index (χ3n) is 3.55. The zero-order valence-corrected chi connectivity index (χ0v) is 9.87. The van der Waals surface area contributed by atoms with Crippen LogP contribution >= 0.6 is 0 Å². The molecule has 0 spiro atoms. The zero-order chi connectivity index (χ0) is 11.7. The standard InChI is InChI=1S/C11H16N6/c1-8-4-2-3-5-9(8)13-10-6-12-7-11-14-15-16-17(10)11/h6-9,13H,2-5H2,1H3. The lowest BCUT2D eigenvalue weighted by Crippen LogP contribution is -2.31. The van der Waals surface area contributed by atoms with Crippen molar-refractivity contribution in [1.82, 2.24) is 25.0 Å². The van der Waals surface area contributed by atoms with E-state index in [9.17, 15) is 0 Å². The van der Waals surface area contributed by atoms with Gasteiger partial charge < -0.3 is 5.32 Å². The maximum absolute atomic E-state index is 4.15. The average molecular weight is 232 g/mol. The van der Waals surface area contributed by atoms with Crippen LogP contribution in [0.15, 0.2) is 12.4 Å². The predicted molar refractivity (Wildman–Crippen MR) is 63.6 cm³/mol. The first kappa shape index (κ1) is 10.4. The molecule has 90 valence electrons. The van der Waals surface area contributed by atoms with Crippen LogP contribution in [0, 0.1) is 5.92 Å². The Kier molecular flexibility index (Phi) is 2.62. The van der Waals surface area contributed by atoms with Gasteiger partial charge >= 0.3 is 0 Å². The fraction of sp³-hybridized carbons (Fsp3) is 0.636. The van der Waals surface area contributed by atoms with Gasteiger partial charge in [0.1, 0.15) is 0 Å². The molecule has 2 heterocycles. The van der Waals surface area contributed by atoms with Crippen LogP contribution in [-0.2, 0) is 0 Å². The number of nitrogens with zero attached hydrogens (tertiary/aromatic N) is 5. The van der Waals surface area contributed by atoms with Crippen molar-refractivity contribution in [2.24, 2.45) is 5.92 Å². The Labute approximate surface area is 99.4 Å². The molecule has 1 N–H and O–H groups in total. The van der Waals surface area contributed by atoms with Crippen molar-refractivity contribution in [3.63, 3.8) is 0 Å². The van der Waals surface area contributed by atoms with Gasteiger partial charge in [-0.2, -0.15) is 4.52 Å². The van der Waals surface area contributed by atoms with Crippen molar-refractivity contribution in [2.45, 2.75) is 38.6 Å². The summed E-state index contributed by atoms with van der Waals surface area (Å²) in [5, 5.41) is 15.0. The largest absolute Gasteiger partial charge is 0.366 e. The summed E-state index contributed by atoms with van der Waals surface area (Å²) in [6, 6.07) is 0.500. The highest BCUT2D eigenvalue weighted by molar-refractivity contribution is 5.44. The number of hydrogen-bond donors (Lipinski definition) is 1. The number of hydrogen-bond acceptors (Lipinski definition) is 5. The summed E-state index contributed by atoms with van der Waals surface area (Å²) in [4.78, 5) is 4.15. The Morgan fingerprint density at radius 2 is 2.18 bits per heavy atom. The van der Waals surface area contributed by atoms with Gasteiger partial charge in [0.25, 0.3) is 0 Å². The van der Waals surface area contributed by atoms with Gasteiger partial charge in [0.05, 0.1) is 12.4 Å². The van der Waals surface area contributed by atoms with Crippen LogP contribution in [-0.4, -0.2) is 31.1 Å². The minimum Gasteiger partial charge on any atom is -0.366 e. The third kappa shape index (κ3) is 1.94. The van der Waals surface area contributed by atoms with E-state index in [0.717, 1.165) is 5.82 Å². The Bertz CT molecular complexity index is 507. The molecule has 0 bridgehead atoms. The quantitative estimate of drug-likeness (QED) is 0.850. The van der Waals surface area contributed by atoms with E-state index < -0.39 is 0 Å². The number of fused-ring (bicyclic) bond motifs is 1. The van der Waals surface area contributed by atoms with Gasteiger partial charge in [-0.15, -0.1) is 5.10 Å². The minimum absolute atomic E-state index is 0.500. The van der Waals surface area contributed by atoms with Gasteiger partial charge in [-0.1, -0.05) is 19.8 Å². The van der Waals surface area contributed by atoms with Gasteiger partial charge in [0.2, 0.25) is 0 Å². The normalized spacial score (nSPS) is 25.0. The lowest BCUT2D eigenvalue weighted by molar-refractivity contribution is 0.348. The summed E-state index contributed by atoms with van der Waals surface area (Å²) in [5.74, 6) is 1.57. The molecule has 3 rings (SSSR count). The third-order valence-corrected chi connectivity index (χ3v) is 3.55. The molecule has 0 aromatic carbocycles. The highest BCUT2D eigenvalue weighted by Crippen LogP contribution is 2.26. The first-order valence-corrected chi connectivity index (χ1v) is 6.13. The molecule has 2 unspecified atom stereocenters. The van der Waals surface area contributed by atoms with E-state index in [1.165, 1.54) is 25.7 Å². The molecule has 17 heavy (non-hydrogen) atoms. The van der Waals surface area contributed by atoms with Crippen LogP contribution in [0.1, 0.15) is 32.6 Å². The fourth-order valence-electron chi connectivity index (χ4n) is 2.49. The highest BCUT2D eigenvalue weighted by Gasteiger charge is 2.21. The molecule has 2 atom stereocenters. The summed E-state index contributed by atoms with van der Waals surface area (Å²) in [6.45, 7) is 2.30. The Hall–Kier alpha value is -1.72.